The molecule has 1 saturated heterocycles. The number of aromatic nitrogens is 1. The third kappa shape index (κ3) is 3.96. The average molecular weight is 382 g/mol. The van der Waals surface area contributed by atoms with Crippen molar-refractivity contribution in [2.75, 3.05) is 36.8 Å². The third-order valence-electron chi connectivity index (χ3n) is 5.08. The zero-order valence-electron chi connectivity index (χ0n) is 15.2. The van der Waals surface area contributed by atoms with Crippen LogP contribution in [-0.2, 0) is 16.4 Å². The second-order valence-electron chi connectivity index (χ2n) is 6.79. The number of hydrogen-bond donors (Lipinski definition) is 0. The topological polar surface area (TPSA) is 53.5 Å². The summed E-state index contributed by atoms with van der Waals surface area (Å²) >= 11 is 0. The molecule has 3 aromatic rings. The molecule has 0 spiro atoms. The Labute approximate surface area is 160 Å². The highest BCUT2D eigenvalue weighted by Gasteiger charge is 2.27. The van der Waals surface area contributed by atoms with E-state index in [1.54, 1.807) is 10.5 Å². The smallest absolute Gasteiger partial charge is 0.214 e. The SMILES string of the molecule is O=S(=O)(CCc1ccccc1)N1CCN(c2cccc3cccnc23)CC1. The molecule has 5 nitrogen and oxygen atoms in total. The molecule has 1 fully saturated rings. The number of pyridine rings is 1. The van der Waals surface area contributed by atoms with Gasteiger partial charge in [0, 0.05) is 37.8 Å². The molecule has 0 bridgehead atoms. The van der Waals surface area contributed by atoms with Crippen LogP contribution < -0.4 is 4.90 Å². The number of rotatable bonds is 5. The molecule has 0 aliphatic carbocycles. The molecule has 6 heteroatoms. The molecule has 1 aliphatic rings. The standard InChI is InChI=1S/C21H23N3O2S/c25-27(26,17-11-18-6-2-1-3-7-18)24-15-13-23(14-16-24)20-10-4-8-19-9-5-12-22-21(19)20/h1-10,12H,11,13-17H2. The van der Waals surface area contributed by atoms with Gasteiger partial charge in [0.1, 0.15) is 0 Å². The summed E-state index contributed by atoms with van der Waals surface area (Å²) in [7, 11) is -3.24. The van der Waals surface area contributed by atoms with Crippen molar-refractivity contribution < 1.29 is 8.42 Å². The molecule has 0 atom stereocenters. The van der Waals surface area contributed by atoms with Gasteiger partial charge in [-0.05, 0) is 24.1 Å². The first-order chi connectivity index (χ1) is 13.1. The Kier molecular flexibility index (Phi) is 5.09. The lowest BCUT2D eigenvalue weighted by molar-refractivity contribution is 0.385. The number of piperazine rings is 1. The van der Waals surface area contributed by atoms with Crippen molar-refractivity contribution in [2.45, 2.75) is 6.42 Å². The number of hydrogen-bond acceptors (Lipinski definition) is 4. The van der Waals surface area contributed by atoms with E-state index in [1.165, 1.54) is 0 Å². The van der Waals surface area contributed by atoms with Gasteiger partial charge in [0.15, 0.2) is 0 Å². The Balaban J connectivity index is 1.42. The highest BCUT2D eigenvalue weighted by molar-refractivity contribution is 7.89. The van der Waals surface area contributed by atoms with Crippen LogP contribution in [0.5, 0.6) is 0 Å². The van der Waals surface area contributed by atoms with Gasteiger partial charge < -0.3 is 4.90 Å². The van der Waals surface area contributed by atoms with E-state index in [2.05, 4.69) is 28.1 Å². The van der Waals surface area contributed by atoms with Crippen molar-refractivity contribution in [2.24, 2.45) is 0 Å². The first-order valence-corrected chi connectivity index (χ1v) is 10.8. The Morgan fingerprint density at radius 3 is 2.37 bits per heavy atom. The van der Waals surface area contributed by atoms with Gasteiger partial charge in [-0.15, -0.1) is 0 Å². The molecule has 0 amide bonds. The molecule has 0 N–H and O–H groups in total. The summed E-state index contributed by atoms with van der Waals surface area (Å²) in [6.07, 6.45) is 2.35. The highest BCUT2D eigenvalue weighted by atomic mass is 32.2. The van der Waals surface area contributed by atoms with E-state index in [9.17, 15) is 8.42 Å². The minimum atomic E-state index is -3.24. The number of benzene rings is 2. The van der Waals surface area contributed by atoms with Crippen LogP contribution in [0.15, 0.2) is 66.9 Å². The maximum Gasteiger partial charge on any atom is 0.214 e. The van der Waals surface area contributed by atoms with Crippen LogP contribution in [0.25, 0.3) is 10.9 Å². The average Bonchev–Trinajstić information content (AvgIpc) is 2.73. The maximum absolute atomic E-state index is 12.7. The van der Waals surface area contributed by atoms with Gasteiger partial charge in [-0.3, -0.25) is 4.98 Å². The summed E-state index contributed by atoms with van der Waals surface area (Å²) in [6.45, 7) is 2.39. The molecule has 4 rings (SSSR count). The minimum Gasteiger partial charge on any atom is -0.367 e. The predicted octanol–water partition coefficient (Wildman–Crippen LogP) is 2.93. The second-order valence-corrected chi connectivity index (χ2v) is 8.88. The minimum absolute atomic E-state index is 0.160. The van der Waals surface area contributed by atoms with Crippen LogP contribution in [0, 0.1) is 0 Å². The third-order valence-corrected chi connectivity index (χ3v) is 6.95. The van der Waals surface area contributed by atoms with E-state index in [0.29, 0.717) is 32.6 Å². The predicted molar refractivity (Wildman–Crippen MR) is 109 cm³/mol. The van der Waals surface area contributed by atoms with E-state index in [1.807, 2.05) is 42.5 Å². The van der Waals surface area contributed by atoms with Crippen molar-refractivity contribution in [3.05, 3.63) is 72.4 Å². The Hall–Kier alpha value is -2.44. The Morgan fingerprint density at radius 2 is 1.59 bits per heavy atom. The zero-order chi connectivity index (χ0) is 18.7. The van der Waals surface area contributed by atoms with E-state index in [-0.39, 0.29) is 5.75 Å². The molecule has 27 heavy (non-hydrogen) atoms. The second kappa shape index (κ2) is 7.66. The zero-order valence-corrected chi connectivity index (χ0v) is 16.0. The molecular formula is C21H23N3O2S. The number of fused-ring (bicyclic) bond motifs is 1. The largest absolute Gasteiger partial charge is 0.367 e. The van der Waals surface area contributed by atoms with Crippen molar-refractivity contribution in [3.8, 4) is 0 Å². The molecule has 0 saturated carbocycles. The van der Waals surface area contributed by atoms with Crippen LogP contribution in [0.1, 0.15) is 5.56 Å². The van der Waals surface area contributed by atoms with Crippen molar-refractivity contribution in [1.29, 1.82) is 0 Å². The van der Waals surface area contributed by atoms with Crippen molar-refractivity contribution >= 4 is 26.6 Å². The number of aryl methyl sites for hydroxylation is 1. The number of sulfonamides is 1. The first-order valence-electron chi connectivity index (χ1n) is 9.24. The van der Waals surface area contributed by atoms with Crippen LogP contribution in [-0.4, -0.2) is 49.6 Å². The van der Waals surface area contributed by atoms with Gasteiger partial charge in [-0.2, -0.15) is 4.31 Å². The summed E-state index contributed by atoms with van der Waals surface area (Å²) in [6, 6.07) is 19.9. The fourth-order valence-corrected chi connectivity index (χ4v) is 5.04. The van der Waals surface area contributed by atoms with Crippen LogP contribution in [0.4, 0.5) is 5.69 Å². The normalized spacial score (nSPS) is 15.9. The molecule has 0 unspecified atom stereocenters. The van der Waals surface area contributed by atoms with Crippen LogP contribution in [0.2, 0.25) is 0 Å². The summed E-state index contributed by atoms with van der Waals surface area (Å²) in [4.78, 5) is 6.75. The summed E-state index contributed by atoms with van der Waals surface area (Å²) in [5.41, 5.74) is 3.11. The maximum atomic E-state index is 12.7. The Bertz CT molecular complexity index is 1010. The van der Waals surface area contributed by atoms with E-state index in [4.69, 9.17) is 0 Å². The van der Waals surface area contributed by atoms with Gasteiger partial charge in [0.25, 0.3) is 0 Å². The van der Waals surface area contributed by atoms with Gasteiger partial charge >= 0.3 is 0 Å². The molecule has 2 aromatic carbocycles. The fourth-order valence-electron chi connectivity index (χ4n) is 3.57. The number of anilines is 1. The van der Waals surface area contributed by atoms with Gasteiger partial charge in [-0.1, -0.05) is 48.5 Å². The molecule has 140 valence electrons. The number of nitrogens with zero attached hydrogens (tertiary/aromatic N) is 3. The summed E-state index contributed by atoms with van der Waals surface area (Å²) in [5, 5.41) is 1.10. The van der Waals surface area contributed by atoms with E-state index in [0.717, 1.165) is 22.2 Å². The lowest BCUT2D eigenvalue weighted by Gasteiger charge is -2.35. The van der Waals surface area contributed by atoms with Crippen molar-refractivity contribution in [1.82, 2.24) is 9.29 Å². The van der Waals surface area contributed by atoms with E-state index < -0.39 is 10.0 Å². The molecule has 1 aliphatic heterocycles. The quantitative estimate of drug-likeness (QED) is 0.682. The molecule has 2 heterocycles. The lowest BCUT2D eigenvalue weighted by atomic mass is 10.1. The highest BCUT2D eigenvalue weighted by Crippen LogP contribution is 2.26. The van der Waals surface area contributed by atoms with Crippen LogP contribution in [0.3, 0.4) is 0 Å². The lowest BCUT2D eigenvalue weighted by Crippen LogP contribution is -2.49. The first kappa shape index (κ1) is 17.9. The van der Waals surface area contributed by atoms with Crippen molar-refractivity contribution in [3.63, 3.8) is 0 Å². The van der Waals surface area contributed by atoms with Gasteiger partial charge in [-0.25, -0.2) is 8.42 Å². The van der Waals surface area contributed by atoms with Gasteiger partial charge in [0.05, 0.1) is 17.0 Å². The fraction of sp³-hybridized carbons (Fsp3) is 0.286. The monoisotopic (exact) mass is 381 g/mol. The molecule has 1 aromatic heterocycles. The van der Waals surface area contributed by atoms with Crippen LogP contribution >= 0.6 is 0 Å². The molecular weight excluding hydrogens is 358 g/mol. The van der Waals surface area contributed by atoms with Gasteiger partial charge in [0.2, 0.25) is 10.0 Å². The summed E-state index contributed by atoms with van der Waals surface area (Å²) < 4.78 is 27.0. The summed E-state index contributed by atoms with van der Waals surface area (Å²) in [5.74, 6) is 0.160. The Morgan fingerprint density at radius 1 is 0.852 bits per heavy atom. The number of para-hydroxylation sites is 1. The molecule has 0 radical (unpaired) electrons. The van der Waals surface area contributed by atoms with E-state index >= 15 is 0 Å².